The molecule has 64 heavy (non-hydrogen) atoms. The monoisotopic (exact) mass is 958 g/mol. The Morgan fingerprint density at radius 1 is 0.688 bits per heavy atom. The minimum absolute atomic E-state index is 0. The summed E-state index contributed by atoms with van der Waals surface area (Å²) < 4.78 is 3.36. The van der Waals surface area contributed by atoms with Crippen molar-refractivity contribution in [3.8, 4) is 22.5 Å². The molecule has 9 rings (SSSR count). The number of nitrogens with zero attached hydrogens (tertiary/aromatic N) is 9. The van der Waals surface area contributed by atoms with E-state index < -0.39 is 17.9 Å². The standard InChI is InChI=1S/C24H21Cl2N7O2.C19H13Cl2N5O2.ClH/c25-16-5-3-14(17(26)10-16)12-29-22-11-19(31-21-7-8-30-33(21)22)15-4-6-18(28-13-15)24(35)32-9-1-2-20(32)23(27)34;20-13-3-1-11(14(21)7-13)9-23-18-8-16(25-17-5-6-24-26(17)18)12-2-4-15(19(27)28)22-10-12;/h3-8,10-11,13,20,29H,1-2,9,12H2,(H2,27,34);1-8,10,23H,9H2,(H,27,28);1H/t20-;;/m0../s1. The number of aromatic nitrogens is 8. The highest BCUT2D eigenvalue weighted by Crippen LogP contribution is 2.28. The fourth-order valence-electron chi connectivity index (χ4n) is 6.87. The van der Waals surface area contributed by atoms with Gasteiger partial charge in [-0.25, -0.2) is 19.7 Å². The third-order valence-corrected chi connectivity index (χ3v) is 11.2. The van der Waals surface area contributed by atoms with Gasteiger partial charge in [-0.15, -0.1) is 12.4 Å². The van der Waals surface area contributed by atoms with Crippen molar-refractivity contribution in [1.29, 1.82) is 0 Å². The third-order valence-electron chi connectivity index (χ3n) is 10.1. The van der Waals surface area contributed by atoms with Crippen molar-refractivity contribution in [3.63, 3.8) is 0 Å². The van der Waals surface area contributed by atoms with Crippen LogP contribution in [-0.4, -0.2) is 79.5 Å². The third kappa shape index (κ3) is 10.1. The second kappa shape index (κ2) is 19.9. The van der Waals surface area contributed by atoms with Crippen LogP contribution in [0.15, 0.2) is 110 Å². The molecule has 0 saturated carbocycles. The molecule has 21 heteroatoms. The quantitative estimate of drug-likeness (QED) is 0.0960. The number of amides is 2. The van der Waals surface area contributed by atoms with Crippen molar-refractivity contribution in [3.05, 3.63) is 152 Å². The number of fused-ring (bicyclic) bond motifs is 2. The van der Waals surface area contributed by atoms with E-state index in [4.69, 9.17) is 57.2 Å². The second-order valence-electron chi connectivity index (χ2n) is 14.2. The van der Waals surface area contributed by atoms with Gasteiger partial charge in [0.1, 0.15) is 29.1 Å². The number of pyridine rings is 2. The first kappa shape index (κ1) is 45.5. The molecule has 1 aliphatic heterocycles. The van der Waals surface area contributed by atoms with Gasteiger partial charge in [0.15, 0.2) is 11.3 Å². The van der Waals surface area contributed by atoms with Crippen LogP contribution in [0, 0.1) is 0 Å². The lowest BCUT2D eigenvalue weighted by Crippen LogP contribution is -2.43. The molecule has 5 N–H and O–H groups in total. The molecule has 7 heterocycles. The molecule has 1 atom stereocenters. The smallest absolute Gasteiger partial charge is 0.354 e. The summed E-state index contributed by atoms with van der Waals surface area (Å²) in [6.07, 6.45) is 7.71. The van der Waals surface area contributed by atoms with Crippen LogP contribution < -0.4 is 16.4 Å². The van der Waals surface area contributed by atoms with Crippen LogP contribution in [0.1, 0.15) is 44.9 Å². The maximum atomic E-state index is 12.9. The van der Waals surface area contributed by atoms with Gasteiger partial charge in [-0.05, 0) is 72.5 Å². The number of nitrogens with one attached hydrogen (secondary N) is 2. The summed E-state index contributed by atoms with van der Waals surface area (Å²) in [5.41, 5.74) is 11.5. The molecule has 0 unspecified atom stereocenters. The average molecular weight is 961 g/mol. The van der Waals surface area contributed by atoms with Gasteiger partial charge >= 0.3 is 5.97 Å². The van der Waals surface area contributed by atoms with E-state index in [2.05, 4.69) is 40.8 Å². The van der Waals surface area contributed by atoms with Crippen molar-refractivity contribution in [2.75, 3.05) is 17.2 Å². The highest BCUT2D eigenvalue weighted by atomic mass is 35.5. The van der Waals surface area contributed by atoms with Crippen LogP contribution in [0.3, 0.4) is 0 Å². The fraction of sp³-hybridized carbons (Fsp3) is 0.140. The van der Waals surface area contributed by atoms with Gasteiger partial charge in [0.25, 0.3) is 5.91 Å². The Balaban J connectivity index is 0.000000193. The Morgan fingerprint density at radius 2 is 1.19 bits per heavy atom. The highest BCUT2D eigenvalue weighted by molar-refractivity contribution is 6.35. The van der Waals surface area contributed by atoms with E-state index in [1.54, 1.807) is 82.2 Å². The van der Waals surface area contributed by atoms with E-state index in [1.165, 1.54) is 17.2 Å². The number of likely N-dealkylation sites (tertiary alicyclic amines) is 1. The predicted octanol–water partition coefficient (Wildman–Crippen LogP) is 8.63. The molecule has 0 bridgehead atoms. The molecule has 16 nitrogen and oxygen atoms in total. The van der Waals surface area contributed by atoms with Crippen molar-refractivity contribution in [1.82, 2.24) is 44.1 Å². The number of benzene rings is 2. The molecule has 1 fully saturated rings. The van der Waals surface area contributed by atoms with Gasteiger partial charge in [-0.1, -0.05) is 58.5 Å². The number of carboxylic acid groups (broad SMARTS) is 1. The average Bonchev–Trinajstić information content (AvgIpc) is 4.08. The van der Waals surface area contributed by atoms with Crippen LogP contribution >= 0.6 is 58.8 Å². The maximum Gasteiger partial charge on any atom is 0.354 e. The van der Waals surface area contributed by atoms with Gasteiger partial charge in [0.2, 0.25) is 5.91 Å². The Bertz CT molecular complexity index is 3000. The molecule has 326 valence electrons. The molecular formula is C43H35Cl5N12O4. The molecule has 8 aromatic rings. The van der Waals surface area contributed by atoms with E-state index in [1.807, 2.05) is 24.3 Å². The Kier molecular flexibility index (Phi) is 14.1. The summed E-state index contributed by atoms with van der Waals surface area (Å²) >= 11 is 24.5. The zero-order valence-corrected chi connectivity index (χ0v) is 37.0. The molecule has 2 aromatic carbocycles. The number of primary amides is 1. The number of carboxylic acids is 1. The van der Waals surface area contributed by atoms with Crippen molar-refractivity contribution < 1.29 is 19.5 Å². The van der Waals surface area contributed by atoms with Gasteiger partial charge < -0.3 is 26.4 Å². The van der Waals surface area contributed by atoms with Crippen molar-refractivity contribution in [2.24, 2.45) is 5.73 Å². The van der Waals surface area contributed by atoms with Crippen molar-refractivity contribution in [2.45, 2.75) is 32.0 Å². The topological polar surface area (TPSA) is 211 Å². The number of carbonyl (C=O) groups is 3. The normalized spacial score (nSPS) is 13.2. The molecule has 1 aliphatic rings. The van der Waals surface area contributed by atoms with Crippen molar-refractivity contribution >= 4 is 99.5 Å². The zero-order chi connectivity index (χ0) is 44.2. The minimum atomic E-state index is -1.08. The zero-order valence-electron chi connectivity index (χ0n) is 33.2. The molecule has 0 aliphatic carbocycles. The summed E-state index contributed by atoms with van der Waals surface area (Å²) in [5, 5.41) is 26.6. The van der Waals surface area contributed by atoms with Gasteiger partial charge in [-0.2, -0.15) is 19.2 Å². The molecule has 2 amide bonds. The number of hydrogen-bond acceptors (Lipinski definition) is 11. The van der Waals surface area contributed by atoms with Crippen LogP contribution in [0.25, 0.3) is 33.8 Å². The molecule has 0 radical (unpaired) electrons. The summed E-state index contributed by atoms with van der Waals surface area (Å²) in [6, 6.07) is 23.9. The van der Waals surface area contributed by atoms with Gasteiger partial charge in [0.05, 0.1) is 23.8 Å². The van der Waals surface area contributed by atoms with Gasteiger partial charge in [-0.3, -0.25) is 14.6 Å². The maximum absolute atomic E-state index is 12.9. The molecule has 6 aromatic heterocycles. The molecular weight excluding hydrogens is 926 g/mol. The Hall–Kier alpha value is -6.56. The Morgan fingerprint density at radius 3 is 1.62 bits per heavy atom. The van der Waals surface area contributed by atoms with E-state index in [-0.39, 0.29) is 29.7 Å². The van der Waals surface area contributed by atoms with Gasteiger partial charge in [0, 0.05) is 87.5 Å². The number of hydrogen-bond donors (Lipinski definition) is 4. The molecule has 0 spiro atoms. The Labute approximate surface area is 390 Å². The number of halogens is 5. The van der Waals surface area contributed by atoms with E-state index in [0.717, 1.165) is 23.1 Å². The minimum Gasteiger partial charge on any atom is -0.477 e. The largest absolute Gasteiger partial charge is 0.477 e. The lowest BCUT2D eigenvalue weighted by atomic mass is 10.1. The van der Waals surface area contributed by atoms with Crippen LogP contribution in [0.4, 0.5) is 11.6 Å². The number of carbonyl (C=O) groups excluding carboxylic acids is 2. The first-order valence-corrected chi connectivity index (χ1v) is 20.7. The summed E-state index contributed by atoms with van der Waals surface area (Å²) in [6.45, 7) is 1.41. The number of nitrogens with two attached hydrogens (primary N) is 1. The van der Waals surface area contributed by atoms with Crippen LogP contribution in [0.5, 0.6) is 0 Å². The number of anilines is 2. The SMILES string of the molecule is Cl.NC(=O)[C@@H]1CCCN1C(=O)c1ccc(-c2cc(NCc3ccc(Cl)cc3Cl)n3nccc3n2)cn1.O=C(O)c1ccc(-c2cc(NCc3ccc(Cl)cc3Cl)n3nccc3n2)cn1. The first-order chi connectivity index (χ1) is 30.4. The van der Waals surface area contributed by atoms with E-state index in [9.17, 15) is 14.4 Å². The predicted molar refractivity (Wildman–Crippen MR) is 247 cm³/mol. The van der Waals surface area contributed by atoms with E-state index in [0.29, 0.717) is 86.0 Å². The number of rotatable bonds is 11. The van der Waals surface area contributed by atoms with E-state index >= 15 is 0 Å². The number of aromatic carboxylic acids is 1. The molecule has 1 saturated heterocycles. The lowest BCUT2D eigenvalue weighted by Gasteiger charge is -2.21. The van der Waals surface area contributed by atoms with Crippen LogP contribution in [-0.2, 0) is 17.9 Å². The lowest BCUT2D eigenvalue weighted by molar-refractivity contribution is -0.121. The fourth-order valence-corrected chi connectivity index (χ4v) is 7.82. The highest BCUT2D eigenvalue weighted by Gasteiger charge is 2.33. The first-order valence-electron chi connectivity index (χ1n) is 19.2. The summed E-state index contributed by atoms with van der Waals surface area (Å²) in [7, 11) is 0. The second-order valence-corrected chi connectivity index (χ2v) is 15.8. The summed E-state index contributed by atoms with van der Waals surface area (Å²) in [5.74, 6) is -0.459. The van der Waals surface area contributed by atoms with Crippen LogP contribution in [0.2, 0.25) is 20.1 Å². The summed E-state index contributed by atoms with van der Waals surface area (Å²) in [4.78, 5) is 54.5.